The van der Waals surface area contributed by atoms with Crippen LogP contribution in [-0.4, -0.2) is 54.6 Å². The van der Waals surface area contributed by atoms with Crippen molar-refractivity contribution in [1.29, 1.82) is 0 Å². The number of hydrogen-bond donors (Lipinski definition) is 3. The van der Waals surface area contributed by atoms with E-state index in [9.17, 15) is 4.79 Å². The number of nitrogens with zero attached hydrogens (tertiary/aromatic N) is 2. The van der Waals surface area contributed by atoms with Gasteiger partial charge in [0.25, 0.3) is 5.91 Å². The Morgan fingerprint density at radius 2 is 2.50 bits per heavy atom. The second-order valence-electron chi connectivity index (χ2n) is 4.27. The van der Waals surface area contributed by atoms with E-state index < -0.39 is 5.91 Å². The maximum Gasteiger partial charge on any atom is 0.255 e. The van der Waals surface area contributed by atoms with Gasteiger partial charge in [0.05, 0.1) is 12.7 Å². The third-order valence-electron chi connectivity index (χ3n) is 2.80. The molecule has 5 N–H and O–H groups in total. The van der Waals surface area contributed by atoms with Crippen LogP contribution in [0.1, 0.15) is 10.4 Å². The van der Waals surface area contributed by atoms with Gasteiger partial charge in [-0.25, -0.2) is 0 Å². The lowest BCUT2D eigenvalue weighted by molar-refractivity contribution is -0.0117. The number of amides is 1. The predicted octanol–water partition coefficient (Wildman–Crippen LogP) is -0.433. The van der Waals surface area contributed by atoms with Crippen molar-refractivity contribution in [2.75, 3.05) is 44.3 Å². The number of rotatable bonds is 4. The maximum atomic E-state index is 11.2. The van der Waals surface area contributed by atoms with Gasteiger partial charge < -0.3 is 26.4 Å². The van der Waals surface area contributed by atoms with Crippen LogP contribution in [0, 0.1) is 0 Å². The SMILES string of the molecule is CN1CCOC(CNc2snc(N)c2C(N)=O)C1. The average Bonchev–Trinajstić information content (AvgIpc) is 2.68. The van der Waals surface area contributed by atoms with Gasteiger partial charge in [0.2, 0.25) is 0 Å². The summed E-state index contributed by atoms with van der Waals surface area (Å²) in [6, 6.07) is 0. The Morgan fingerprint density at radius 3 is 3.17 bits per heavy atom. The van der Waals surface area contributed by atoms with E-state index in [2.05, 4.69) is 21.6 Å². The zero-order chi connectivity index (χ0) is 13.1. The largest absolute Gasteiger partial charge is 0.382 e. The summed E-state index contributed by atoms with van der Waals surface area (Å²) in [7, 11) is 2.05. The number of nitrogens with two attached hydrogens (primary N) is 2. The zero-order valence-electron chi connectivity index (χ0n) is 10.2. The van der Waals surface area contributed by atoms with E-state index in [0.29, 0.717) is 11.5 Å². The molecule has 1 unspecified atom stereocenters. The normalized spacial score (nSPS) is 20.8. The van der Waals surface area contributed by atoms with Gasteiger partial charge >= 0.3 is 0 Å². The summed E-state index contributed by atoms with van der Waals surface area (Å²) in [5, 5.41) is 3.74. The second kappa shape index (κ2) is 5.51. The molecule has 1 amide bonds. The highest BCUT2D eigenvalue weighted by Crippen LogP contribution is 2.26. The molecule has 18 heavy (non-hydrogen) atoms. The predicted molar refractivity (Wildman–Crippen MR) is 70.8 cm³/mol. The number of morpholine rings is 1. The van der Waals surface area contributed by atoms with E-state index in [0.717, 1.165) is 31.2 Å². The van der Waals surface area contributed by atoms with Crippen LogP contribution in [-0.2, 0) is 4.74 Å². The quantitative estimate of drug-likeness (QED) is 0.686. The van der Waals surface area contributed by atoms with E-state index in [-0.39, 0.29) is 17.5 Å². The molecule has 1 fully saturated rings. The topological polar surface area (TPSA) is 106 Å². The Labute approximate surface area is 109 Å². The van der Waals surface area contributed by atoms with Crippen molar-refractivity contribution in [3.05, 3.63) is 5.56 Å². The van der Waals surface area contributed by atoms with Crippen LogP contribution >= 0.6 is 11.5 Å². The van der Waals surface area contributed by atoms with Gasteiger partial charge in [-0.05, 0) is 18.6 Å². The third-order valence-corrected chi connectivity index (χ3v) is 3.62. The van der Waals surface area contributed by atoms with E-state index >= 15 is 0 Å². The molecule has 1 atom stereocenters. The monoisotopic (exact) mass is 271 g/mol. The minimum absolute atomic E-state index is 0.0906. The Hall–Kier alpha value is -1.38. The Bertz CT molecular complexity index is 436. The van der Waals surface area contributed by atoms with Crippen LogP contribution in [0.2, 0.25) is 0 Å². The van der Waals surface area contributed by atoms with E-state index in [4.69, 9.17) is 16.2 Å². The Morgan fingerprint density at radius 1 is 1.72 bits per heavy atom. The molecule has 0 radical (unpaired) electrons. The number of nitrogen functional groups attached to an aromatic ring is 1. The molecule has 1 aromatic heterocycles. The Balaban J connectivity index is 1.96. The number of nitrogens with one attached hydrogen (secondary N) is 1. The lowest BCUT2D eigenvalue weighted by Gasteiger charge is -2.30. The minimum Gasteiger partial charge on any atom is -0.382 e. The highest BCUT2D eigenvalue weighted by atomic mass is 32.1. The highest BCUT2D eigenvalue weighted by molar-refractivity contribution is 7.11. The number of hydrogen-bond acceptors (Lipinski definition) is 7. The number of primary amides is 1. The smallest absolute Gasteiger partial charge is 0.255 e. The molecule has 0 aromatic carbocycles. The van der Waals surface area contributed by atoms with Crippen LogP contribution in [0.3, 0.4) is 0 Å². The van der Waals surface area contributed by atoms with Gasteiger partial charge in [-0.1, -0.05) is 0 Å². The van der Waals surface area contributed by atoms with Crippen molar-refractivity contribution in [3.8, 4) is 0 Å². The Kier molecular flexibility index (Phi) is 4.00. The fourth-order valence-corrected chi connectivity index (χ4v) is 2.58. The molecule has 0 spiro atoms. The molecule has 7 nitrogen and oxygen atoms in total. The molecular formula is C10H17N5O2S. The first-order valence-electron chi connectivity index (χ1n) is 5.67. The minimum atomic E-state index is -0.564. The fraction of sp³-hybridized carbons (Fsp3) is 0.600. The van der Waals surface area contributed by atoms with Crippen LogP contribution < -0.4 is 16.8 Å². The van der Waals surface area contributed by atoms with Crippen LogP contribution in [0.5, 0.6) is 0 Å². The summed E-state index contributed by atoms with van der Waals surface area (Å²) in [6.45, 7) is 3.12. The fourth-order valence-electron chi connectivity index (χ4n) is 1.86. The molecule has 1 saturated heterocycles. The van der Waals surface area contributed by atoms with Crippen molar-refractivity contribution in [2.45, 2.75) is 6.10 Å². The highest BCUT2D eigenvalue weighted by Gasteiger charge is 2.20. The molecule has 0 bridgehead atoms. The third kappa shape index (κ3) is 2.89. The van der Waals surface area contributed by atoms with Gasteiger partial charge in [-0.15, -0.1) is 0 Å². The van der Waals surface area contributed by atoms with Crippen molar-refractivity contribution in [2.24, 2.45) is 5.73 Å². The molecule has 2 rings (SSSR count). The first-order valence-corrected chi connectivity index (χ1v) is 6.44. The van der Waals surface area contributed by atoms with Crippen molar-refractivity contribution >= 4 is 28.3 Å². The molecule has 0 aliphatic carbocycles. The summed E-state index contributed by atoms with van der Waals surface area (Å²) in [5.74, 6) is -0.387. The lowest BCUT2D eigenvalue weighted by atomic mass is 10.2. The average molecular weight is 271 g/mol. The van der Waals surface area contributed by atoms with Gasteiger partial charge in [-0.3, -0.25) is 4.79 Å². The molecule has 1 aliphatic heterocycles. The van der Waals surface area contributed by atoms with Gasteiger partial charge in [0, 0.05) is 19.6 Å². The summed E-state index contributed by atoms with van der Waals surface area (Å²) >= 11 is 1.14. The maximum absolute atomic E-state index is 11.2. The molecule has 0 saturated carbocycles. The molecule has 100 valence electrons. The van der Waals surface area contributed by atoms with E-state index in [1.54, 1.807) is 0 Å². The standard InChI is InChI=1S/C10H17N5O2S/c1-15-2-3-17-6(5-15)4-13-10-7(9(12)16)8(11)14-18-10/h6,13H,2-5H2,1H3,(H2,11,14)(H2,12,16). The number of anilines is 2. The number of carbonyl (C=O) groups is 1. The van der Waals surface area contributed by atoms with Gasteiger partial charge in [0.15, 0.2) is 5.82 Å². The first-order chi connectivity index (χ1) is 8.58. The number of carbonyl (C=O) groups excluding carboxylic acids is 1. The molecule has 1 aliphatic rings. The summed E-state index contributed by atoms with van der Waals surface area (Å²) < 4.78 is 9.53. The second-order valence-corrected chi connectivity index (χ2v) is 5.05. The molecular weight excluding hydrogens is 254 g/mol. The van der Waals surface area contributed by atoms with Gasteiger partial charge in [0.1, 0.15) is 10.6 Å². The van der Waals surface area contributed by atoms with Crippen LogP contribution in [0.15, 0.2) is 0 Å². The molecule has 8 heteroatoms. The number of ether oxygens (including phenoxy) is 1. The summed E-state index contributed by atoms with van der Waals surface area (Å²) in [5.41, 5.74) is 11.1. The van der Waals surface area contributed by atoms with Crippen molar-refractivity contribution in [1.82, 2.24) is 9.27 Å². The van der Waals surface area contributed by atoms with Crippen molar-refractivity contribution in [3.63, 3.8) is 0 Å². The van der Waals surface area contributed by atoms with E-state index in [1.807, 2.05) is 0 Å². The lowest BCUT2D eigenvalue weighted by Crippen LogP contribution is -2.43. The van der Waals surface area contributed by atoms with E-state index in [1.165, 1.54) is 0 Å². The number of aromatic nitrogens is 1. The molecule has 2 heterocycles. The zero-order valence-corrected chi connectivity index (χ0v) is 11.0. The summed E-state index contributed by atoms with van der Waals surface area (Å²) in [4.78, 5) is 13.4. The summed E-state index contributed by atoms with van der Waals surface area (Å²) in [6.07, 6.45) is 0.0906. The van der Waals surface area contributed by atoms with Crippen LogP contribution in [0.4, 0.5) is 10.8 Å². The molecule has 1 aromatic rings. The van der Waals surface area contributed by atoms with Crippen LogP contribution in [0.25, 0.3) is 0 Å². The van der Waals surface area contributed by atoms with Crippen molar-refractivity contribution < 1.29 is 9.53 Å². The first kappa shape index (κ1) is 13.1. The van der Waals surface area contributed by atoms with Gasteiger partial charge in [-0.2, -0.15) is 4.37 Å². The number of likely N-dealkylation sites (N-methyl/N-ethyl adjacent to an activating group) is 1.